The molecule has 0 aliphatic carbocycles. The standard InChI is InChI=1S/C18H27N5O3/c1-19-18(24)15-8-7-13(22(15)2)14-6-4-5-10-23(14)12-17-20-16(21-26-17)9-11-25-3/h7-8,14H,4-6,9-12H2,1-3H3,(H,19,24)/t14-/m1/s1. The molecule has 1 N–H and O–H groups in total. The molecule has 2 aromatic rings. The molecule has 1 aliphatic heterocycles. The van der Waals surface area contributed by atoms with Crippen LogP contribution >= 0.6 is 0 Å². The number of nitrogens with zero attached hydrogens (tertiary/aromatic N) is 4. The Morgan fingerprint density at radius 2 is 2.27 bits per heavy atom. The van der Waals surface area contributed by atoms with Crippen molar-refractivity contribution in [3.8, 4) is 0 Å². The number of methoxy groups -OCH3 is 1. The first-order chi connectivity index (χ1) is 12.6. The van der Waals surface area contributed by atoms with E-state index in [0.717, 1.165) is 25.1 Å². The third-order valence-electron chi connectivity index (χ3n) is 4.95. The maximum Gasteiger partial charge on any atom is 0.267 e. The van der Waals surface area contributed by atoms with Gasteiger partial charge in [-0.1, -0.05) is 11.6 Å². The average Bonchev–Trinajstić information content (AvgIpc) is 3.26. The van der Waals surface area contributed by atoms with Gasteiger partial charge < -0.3 is 19.1 Å². The zero-order valence-corrected chi connectivity index (χ0v) is 15.7. The number of carbonyl (C=O) groups is 1. The van der Waals surface area contributed by atoms with E-state index < -0.39 is 0 Å². The van der Waals surface area contributed by atoms with Crippen molar-refractivity contribution in [1.82, 2.24) is 24.9 Å². The van der Waals surface area contributed by atoms with Crippen molar-refractivity contribution < 1.29 is 14.1 Å². The summed E-state index contributed by atoms with van der Waals surface area (Å²) in [6.45, 7) is 2.17. The summed E-state index contributed by atoms with van der Waals surface area (Å²) in [6, 6.07) is 4.17. The van der Waals surface area contributed by atoms with Gasteiger partial charge >= 0.3 is 0 Å². The molecule has 0 radical (unpaired) electrons. The van der Waals surface area contributed by atoms with Crippen LogP contribution < -0.4 is 5.32 Å². The summed E-state index contributed by atoms with van der Waals surface area (Å²) in [5.74, 6) is 1.24. The molecule has 0 bridgehead atoms. The summed E-state index contributed by atoms with van der Waals surface area (Å²) in [7, 11) is 5.26. The molecule has 8 nitrogen and oxygen atoms in total. The molecule has 1 atom stereocenters. The van der Waals surface area contributed by atoms with Gasteiger partial charge in [0, 0.05) is 33.3 Å². The highest BCUT2D eigenvalue weighted by molar-refractivity contribution is 5.92. The molecular weight excluding hydrogens is 334 g/mol. The van der Waals surface area contributed by atoms with Crippen molar-refractivity contribution in [2.24, 2.45) is 7.05 Å². The van der Waals surface area contributed by atoms with E-state index >= 15 is 0 Å². The first kappa shape index (κ1) is 18.6. The fourth-order valence-electron chi connectivity index (χ4n) is 3.56. The van der Waals surface area contributed by atoms with Crippen molar-refractivity contribution in [2.75, 3.05) is 27.3 Å². The van der Waals surface area contributed by atoms with Crippen molar-refractivity contribution in [2.45, 2.75) is 38.3 Å². The third-order valence-corrected chi connectivity index (χ3v) is 4.95. The molecule has 3 rings (SSSR count). The maximum absolute atomic E-state index is 12.0. The summed E-state index contributed by atoms with van der Waals surface area (Å²) in [6.07, 6.45) is 4.02. The Kier molecular flexibility index (Phi) is 6.05. The summed E-state index contributed by atoms with van der Waals surface area (Å²) >= 11 is 0. The number of aromatic nitrogens is 3. The van der Waals surface area contributed by atoms with Crippen molar-refractivity contribution >= 4 is 5.91 Å². The normalized spacial score (nSPS) is 18.2. The Morgan fingerprint density at radius 3 is 3.04 bits per heavy atom. The fraction of sp³-hybridized carbons (Fsp3) is 0.611. The molecular formula is C18H27N5O3. The molecule has 0 aromatic carbocycles. The molecule has 2 aromatic heterocycles. The second kappa shape index (κ2) is 8.46. The molecule has 1 amide bonds. The van der Waals surface area contributed by atoms with Gasteiger partial charge in [-0.2, -0.15) is 4.98 Å². The fourth-order valence-corrected chi connectivity index (χ4v) is 3.56. The van der Waals surface area contributed by atoms with Crippen LogP contribution in [0.15, 0.2) is 16.7 Å². The summed E-state index contributed by atoms with van der Waals surface area (Å²) in [5.41, 5.74) is 1.81. The lowest BCUT2D eigenvalue weighted by Crippen LogP contribution is -2.34. The largest absolute Gasteiger partial charge is 0.384 e. The average molecular weight is 361 g/mol. The minimum absolute atomic E-state index is 0.0687. The summed E-state index contributed by atoms with van der Waals surface area (Å²) in [5, 5.41) is 6.71. The highest BCUT2D eigenvalue weighted by atomic mass is 16.5. The van der Waals surface area contributed by atoms with Crippen molar-refractivity contribution in [1.29, 1.82) is 0 Å². The Morgan fingerprint density at radius 1 is 1.42 bits per heavy atom. The number of hydrogen-bond donors (Lipinski definition) is 1. The van der Waals surface area contributed by atoms with Crippen molar-refractivity contribution in [3.05, 3.63) is 35.2 Å². The van der Waals surface area contributed by atoms with Crippen LogP contribution in [0.4, 0.5) is 0 Å². The molecule has 142 valence electrons. The van der Waals surface area contributed by atoms with Crippen LogP contribution in [-0.4, -0.2) is 52.8 Å². The van der Waals surface area contributed by atoms with Crippen LogP contribution in [-0.2, 0) is 24.8 Å². The summed E-state index contributed by atoms with van der Waals surface area (Å²) < 4.78 is 12.5. The lowest BCUT2D eigenvalue weighted by molar-refractivity contribution is 0.0950. The van der Waals surface area contributed by atoms with Gasteiger partial charge in [0.1, 0.15) is 5.69 Å². The predicted octanol–water partition coefficient (Wildman–Crippen LogP) is 1.68. The minimum Gasteiger partial charge on any atom is -0.384 e. The van der Waals surface area contributed by atoms with Gasteiger partial charge in [-0.3, -0.25) is 9.69 Å². The highest BCUT2D eigenvalue weighted by Gasteiger charge is 2.28. The molecule has 1 saturated heterocycles. The Bertz CT molecular complexity index is 739. The Balaban J connectivity index is 1.75. The molecule has 0 spiro atoms. The van der Waals surface area contributed by atoms with E-state index in [2.05, 4.69) is 20.4 Å². The van der Waals surface area contributed by atoms with E-state index in [1.807, 2.05) is 23.7 Å². The van der Waals surface area contributed by atoms with Gasteiger partial charge in [-0.15, -0.1) is 0 Å². The number of ether oxygens (including phenoxy) is 1. The number of amides is 1. The van der Waals surface area contributed by atoms with Crippen LogP contribution in [0.2, 0.25) is 0 Å². The number of piperidine rings is 1. The second-order valence-electron chi connectivity index (χ2n) is 6.61. The molecule has 3 heterocycles. The van der Waals surface area contributed by atoms with E-state index in [4.69, 9.17) is 9.26 Å². The van der Waals surface area contributed by atoms with Gasteiger partial charge in [-0.25, -0.2) is 0 Å². The second-order valence-corrected chi connectivity index (χ2v) is 6.61. The topological polar surface area (TPSA) is 85.4 Å². The van der Waals surface area contributed by atoms with E-state index in [0.29, 0.717) is 37.0 Å². The molecule has 0 saturated carbocycles. The zero-order chi connectivity index (χ0) is 18.5. The zero-order valence-electron chi connectivity index (χ0n) is 15.7. The van der Waals surface area contributed by atoms with Crippen LogP contribution in [0.1, 0.15) is 53.2 Å². The lowest BCUT2D eigenvalue weighted by atomic mass is 9.99. The number of hydrogen-bond acceptors (Lipinski definition) is 6. The first-order valence-corrected chi connectivity index (χ1v) is 9.06. The lowest BCUT2D eigenvalue weighted by Gasteiger charge is -2.35. The van der Waals surface area contributed by atoms with Crippen LogP contribution in [0.25, 0.3) is 0 Å². The highest BCUT2D eigenvalue weighted by Crippen LogP contribution is 2.32. The molecule has 0 unspecified atom stereocenters. The van der Waals surface area contributed by atoms with Crippen molar-refractivity contribution in [3.63, 3.8) is 0 Å². The van der Waals surface area contributed by atoms with Crippen LogP contribution in [0.5, 0.6) is 0 Å². The van der Waals surface area contributed by atoms with Gasteiger partial charge in [0.2, 0.25) is 5.89 Å². The predicted molar refractivity (Wildman–Crippen MR) is 95.7 cm³/mol. The monoisotopic (exact) mass is 361 g/mol. The van der Waals surface area contributed by atoms with Crippen LogP contribution in [0.3, 0.4) is 0 Å². The maximum atomic E-state index is 12.0. The Hall–Kier alpha value is -2.19. The Labute approximate surface area is 153 Å². The molecule has 8 heteroatoms. The van der Waals surface area contributed by atoms with E-state index in [9.17, 15) is 4.79 Å². The van der Waals surface area contributed by atoms with Gasteiger partial charge in [0.25, 0.3) is 5.91 Å². The van der Waals surface area contributed by atoms with Gasteiger partial charge in [0.05, 0.1) is 19.2 Å². The SMILES string of the molecule is CNC(=O)c1ccc([C@H]2CCCCN2Cc2nc(CCOC)no2)n1C. The number of carbonyl (C=O) groups excluding carboxylic acids is 1. The van der Waals surface area contributed by atoms with E-state index in [1.165, 1.54) is 6.42 Å². The minimum atomic E-state index is -0.0687. The quantitative estimate of drug-likeness (QED) is 0.808. The molecule has 26 heavy (non-hydrogen) atoms. The first-order valence-electron chi connectivity index (χ1n) is 9.06. The summed E-state index contributed by atoms with van der Waals surface area (Å²) in [4.78, 5) is 18.8. The van der Waals surface area contributed by atoms with Gasteiger partial charge in [0.15, 0.2) is 5.82 Å². The van der Waals surface area contributed by atoms with E-state index in [1.54, 1.807) is 14.2 Å². The van der Waals surface area contributed by atoms with Crippen LogP contribution in [0, 0.1) is 0 Å². The molecule has 1 aliphatic rings. The number of likely N-dealkylation sites (tertiary alicyclic amines) is 1. The van der Waals surface area contributed by atoms with Gasteiger partial charge in [-0.05, 0) is 31.5 Å². The third kappa shape index (κ3) is 3.96. The smallest absolute Gasteiger partial charge is 0.267 e. The molecule has 1 fully saturated rings. The van der Waals surface area contributed by atoms with E-state index in [-0.39, 0.29) is 11.9 Å². The number of rotatable bonds is 7. The number of nitrogens with one attached hydrogen (secondary N) is 1.